The van der Waals surface area contributed by atoms with Crippen molar-refractivity contribution in [3.05, 3.63) is 0 Å². The van der Waals surface area contributed by atoms with Crippen LogP contribution < -0.4 is 5.32 Å². The first kappa shape index (κ1) is 13.0. The fourth-order valence-corrected chi connectivity index (χ4v) is 1.68. The van der Waals surface area contributed by atoms with Crippen LogP contribution in [0.5, 0.6) is 0 Å². The Morgan fingerprint density at radius 2 is 1.69 bits per heavy atom. The van der Waals surface area contributed by atoms with Crippen molar-refractivity contribution in [2.75, 3.05) is 6.54 Å². The third kappa shape index (κ3) is 6.09. The van der Waals surface area contributed by atoms with Gasteiger partial charge in [0.15, 0.2) is 0 Å². The molecule has 0 aromatic heterocycles. The van der Waals surface area contributed by atoms with Gasteiger partial charge in [0, 0.05) is 6.04 Å². The topological polar surface area (TPSA) is 12.0 Å². The molecule has 0 heterocycles. The summed E-state index contributed by atoms with van der Waals surface area (Å²) in [6, 6.07) is 0.690. The summed E-state index contributed by atoms with van der Waals surface area (Å²) in [4.78, 5) is 0. The van der Waals surface area contributed by atoms with Gasteiger partial charge in [-0.2, -0.15) is 0 Å². The van der Waals surface area contributed by atoms with E-state index in [1.165, 1.54) is 12.8 Å². The lowest BCUT2D eigenvalue weighted by Gasteiger charge is -2.30. The summed E-state index contributed by atoms with van der Waals surface area (Å²) in [6.07, 6.45) is 2.55. The average molecular weight is 185 g/mol. The van der Waals surface area contributed by atoms with Gasteiger partial charge in [0.2, 0.25) is 0 Å². The maximum absolute atomic E-state index is 3.59. The van der Waals surface area contributed by atoms with Crippen molar-refractivity contribution < 1.29 is 0 Å². The van der Waals surface area contributed by atoms with Crippen LogP contribution >= 0.6 is 0 Å². The van der Waals surface area contributed by atoms with Crippen LogP contribution in [0.1, 0.15) is 54.4 Å². The Morgan fingerprint density at radius 3 is 2.00 bits per heavy atom. The van der Waals surface area contributed by atoms with Gasteiger partial charge in [0.25, 0.3) is 0 Å². The average Bonchev–Trinajstić information content (AvgIpc) is 2.00. The Kier molecular flexibility index (Phi) is 5.62. The van der Waals surface area contributed by atoms with E-state index in [0.717, 1.165) is 12.5 Å². The quantitative estimate of drug-likeness (QED) is 0.692. The van der Waals surface area contributed by atoms with Gasteiger partial charge in [0.1, 0.15) is 0 Å². The SMILES string of the molecule is CCNC(CC(C)(C)C)C(C)CC. The lowest BCUT2D eigenvalue weighted by Crippen LogP contribution is -2.37. The molecule has 2 unspecified atom stereocenters. The maximum atomic E-state index is 3.59. The van der Waals surface area contributed by atoms with Gasteiger partial charge >= 0.3 is 0 Å². The molecule has 0 saturated heterocycles. The summed E-state index contributed by atoms with van der Waals surface area (Å²) in [5.74, 6) is 0.791. The van der Waals surface area contributed by atoms with Crippen molar-refractivity contribution >= 4 is 0 Å². The highest BCUT2D eigenvalue weighted by Crippen LogP contribution is 2.25. The predicted octanol–water partition coefficient (Wildman–Crippen LogP) is 3.45. The first-order chi connectivity index (χ1) is 5.90. The number of rotatable bonds is 5. The van der Waals surface area contributed by atoms with E-state index in [2.05, 4.69) is 46.9 Å². The summed E-state index contributed by atoms with van der Waals surface area (Å²) in [7, 11) is 0. The van der Waals surface area contributed by atoms with Crippen molar-refractivity contribution in [1.82, 2.24) is 5.32 Å². The molecule has 0 aliphatic rings. The zero-order valence-electron chi connectivity index (χ0n) is 10.3. The Labute approximate surface area is 84.3 Å². The third-order valence-electron chi connectivity index (χ3n) is 2.63. The van der Waals surface area contributed by atoms with Crippen LogP contribution in [0.3, 0.4) is 0 Å². The molecule has 0 spiro atoms. The smallest absolute Gasteiger partial charge is 0.00974 e. The molecule has 80 valence electrons. The summed E-state index contributed by atoms with van der Waals surface area (Å²) in [6.45, 7) is 14.9. The van der Waals surface area contributed by atoms with Crippen molar-refractivity contribution in [1.29, 1.82) is 0 Å². The molecule has 0 aromatic rings. The second kappa shape index (κ2) is 5.64. The molecular weight excluding hydrogens is 158 g/mol. The molecule has 1 N–H and O–H groups in total. The molecule has 0 rings (SSSR count). The van der Waals surface area contributed by atoms with Gasteiger partial charge in [-0.3, -0.25) is 0 Å². The van der Waals surface area contributed by atoms with E-state index in [9.17, 15) is 0 Å². The van der Waals surface area contributed by atoms with Crippen LogP contribution in [0.25, 0.3) is 0 Å². The van der Waals surface area contributed by atoms with E-state index in [-0.39, 0.29) is 0 Å². The first-order valence-electron chi connectivity index (χ1n) is 5.64. The molecule has 1 heteroatoms. The first-order valence-corrected chi connectivity index (χ1v) is 5.64. The van der Waals surface area contributed by atoms with E-state index in [1.54, 1.807) is 0 Å². The lowest BCUT2D eigenvalue weighted by atomic mass is 9.83. The number of hydrogen-bond donors (Lipinski definition) is 1. The molecule has 0 saturated carbocycles. The van der Waals surface area contributed by atoms with Crippen molar-refractivity contribution in [2.45, 2.75) is 60.4 Å². The minimum Gasteiger partial charge on any atom is -0.314 e. The van der Waals surface area contributed by atoms with E-state index in [0.29, 0.717) is 11.5 Å². The molecule has 0 bridgehead atoms. The van der Waals surface area contributed by atoms with Crippen LogP contribution in [-0.4, -0.2) is 12.6 Å². The highest BCUT2D eigenvalue weighted by molar-refractivity contribution is 4.78. The summed E-state index contributed by atoms with van der Waals surface area (Å²) >= 11 is 0. The molecule has 2 atom stereocenters. The van der Waals surface area contributed by atoms with Gasteiger partial charge in [-0.05, 0) is 24.3 Å². The van der Waals surface area contributed by atoms with Crippen molar-refractivity contribution in [2.24, 2.45) is 11.3 Å². The van der Waals surface area contributed by atoms with Gasteiger partial charge in [-0.15, -0.1) is 0 Å². The normalized spacial score (nSPS) is 17.1. The molecular formula is C12H27N. The van der Waals surface area contributed by atoms with Crippen LogP contribution in [-0.2, 0) is 0 Å². The molecule has 0 radical (unpaired) electrons. The minimum absolute atomic E-state index is 0.441. The van der Waals surface area contributed by atoms with Gasteiger partial charge in [-0.25, -0.2) is 0 Å². The fraction of sp³-hybridized carbons (Fsp3) is 1.00. The third-order valence-corrected chi connectivity index (χ3v) is 2.63. The summed E-state index contributed by atoms with van der Waals surface area (Å²) < 4.78 is 0. The maximum Gasteiger partial charge on any atom is 0.00974 e. The predicted molar refractivity (Wildman–Crippen MR) is 61.0 cm³/mol. The largest absolute Gasteiger partial charge is 0.314 e. The second-order valence-electron chi connectivity index (χ2n) is 5.31. The zero-order chi connectivity index (χ0) is 10.5. The van der Waals surface area contributed by atoms with Crippen molar-refractivity contribution in [3.8, 4) is 0 Å². The Bertz CT molecular complexity index is 124. The minimum atomic E-state index is 0.441. The highest BCUT2D eigenvalue weighted by Gasteiger charge is 2.21. The molecule has 0 amide bonds. The van der Waals surface area contributed by atoms with E-state index < -0.39 is 0 Å². The van der Waals surface area contributed by atoms with E-state index in [1.807, 2.05) is 0 Å². The molecule has 0 aliphatic heterocycles. The lowest BCUT2D eigenvalue weighted by molar-refractivity contribution is 0.254. The Morgan fingerprint density at radius 1 is 1.15 bits per heavy atom. The fourth-order valence-electron chi connectivity index (χ4n) is 1.68. The molecule has 0 aromatic carbocycles. The standard InChI is InChI=1S/C12H27N/c1-7-10(3)11(13-8-2)9-12(4,5)6/h10-11,13H,7-9H2,1-6H3. The van der Waals surface area contributed by atoms with Crippen molar-refractivity contribution in [3.63, 3.8) is 0 Å². The van der Waals surface area contributed by atoms with E-state index in [4.69, 9.17) is 0 Å². The van der Waals surface area contributed by atoms with Crippen LogP contribution in [0, 0.1) is 11.3 Å². The number of hydrogen-bond acceptors (Lipinski definition) is 1. The Hall–Kier alpha value is -0.0400. The van der Waals surface area contributed by atoms with Crippen LogP contribution in [0.2, 0.25) is 0 Å². The summed E-state index contributed by atoms with van der Waals surface area (Å²) in [5.41, 5.74) is 0.441. The van der Waals surface area contributed by atoms with Gasteiger partial charge in [0.05, 0.1) is 0 Å². The monoisotopic (exact) mass is 185 g/mol. The highest BCUT2D eigenvalue weighted by atomic mass is 14.9. The van der Waals surface area contributed by atoms with Crippen LogP contribution in [0.4, 0.5) is 0 Å². The summed E-state index contributed by atoms with van der Waals surface area (Å²) in [5, 5.41) is 3.59. The molecule has 0 aliphatic carbocycles. The zero-order valence-corrected chi connectivity index (χ0v) is 10.3. The number of nitrogens with one attached hydrogen (secondary N) is 1. The Balaban J connectivity index is 4.09. The molecule has 0 fully saturated rings. The van der Waals surface area contributed by atoms with E-state index >= 15 is 0 Å². The molecule has 13 heavy (non-hydrogen) atoms. The van der Waals surface area contributed by atoms with Gasteiger partial charge in [-0.1, -0.05) is 48.0 Å². The molecule has 1 nitrogen and oxygen atoms in total. The second-order valence-corrected chi connectivity index (χ2v) is 5.31. The van der Waals surface area contributed by atoms with Crippen LogP contribution in [0.15, 0.2) is 0 Å². The van der Waals surface area contributed by atoms with Gasteiger partial charge < -0.3 is 5.32 Å².